The fraction of sp³-hybridized carbons (Fsp3) is 0.381. The quantitative estimate of drug-likeness (QED) is 0.839. The second-order valence-electron chi connectivity index (χ2n) is 6.77. The van der Waals surface area contributed by atoms with E-state index in [2.05, 4.69) is 78.4 Å². The predicted molar refractivity (Wildman–Crippen MR) is 110 cm³/mol. The predicted octanol–water partition coefficient (Wildman–Crippen LogP) is 4.06. The molecule has 1 aliphatic heterocycles. The lowest BCUT2D eigenvalue weighted by molar-refractivity contribution is 0.376. The van der Waals surface area contributed by atoms with Gasteiger partial charge in [-0.3, -0.25) is 0 Å². The van der Waals surface area contributed by atoms with Crippen molar-refractivity contribution in [1.82, 2.24) is 10.2 Å². The zero-order valence-corrected chi connectivity index (χ0v) is 16.1. The van der Waals surface area contributed by atoms with Gasteiger partial charge in [0.1, 0.15) is 0 Å². The summed E-state index contributed by atoms with van der Waals surface area (Å²) in [4.78, 5) is 4.76. The summed E-state index contributed by atoms with van der Waals surface area (Å²) < 4.78 is 0. The Bertz CT molecular complexity index is 721. The number of hydrogen-bond donors (Lipinski definition) is 1. The number of nitrogens with zero attached hydrogens (tertiary/aromatic N) is 2. The van der Waals surface area contributed by atoms with Crippen LogP contribution < -0.4 is 10.2 Å². The Morgan fingerprint density at radius 2 is 1.64 bits per heavy atom. The van der Waals surface area contributed by atoms with Gasteiger partial charge in [0.25, 0.3) is 0 Å². The molecular formula is C21H27N3S. The molecular weight excluding hydrogens is 326 g/mol. The molecule has 0 aromatic heterocycles. The van der Waals surface area contributed by atoms with Crippen LogP contribution in [0.3, 0.4) is 0 Å². The number of hydrogen-bond acceptors (Lipinski definition) is 2. The fourth-order valence-corrected chi connectivity index (χ4v) is 3.69. The average molecular weight is 354 g/mol. The van der Waals surface area contributed by atoms with Gasteiger partial charge in [-0.15, -0.1) is 0 Å². The summed E-state index contributed by atoms with van der Waals surface area (Å²) in [5, 5.41) is 4.34. The highest BCUT2D eigenvalue weighted by atomic mass is 32.1. The van der Waals surface area contributed by atoms with Crippen LogP contribution in [0.25, 0.3) is 0 Å². The van der Waals surface area contributed by atoms with Crippen LogP contribution in [0.2, 0.25) is 0 Å². The molecule has 3 nitrogen and oxygen atoms in total. The summed E-state index contributed by atoms with van der Waals surface area (Å²) in [5.74, 6) is 0. The van der Waals surface area contributed by atoms with E-state index in [4.69, 9.17) is 12.2 Å². The zero-order valence-electron chi connectivity index (χ0n) is 15.3. The third-order valence-electron chi connectivity index (χ3n) is 5.12. The van der Waals surface area contributed by atoms with Crippen molar-refractivity contribution in [1.29, 1.82) is 0 Å². The van der Waals surface area contributed by atoms with Crippen molar-refractivity contribution >= 4 is 23.0 Å². The van der Waals surface area contributed by atoms with E-state index in [1.165, 1.54) is 22.4 Å². The number of thiocarbonyl (C=S) groups is 1. The van der Waals surface area contributed by atoms with Crippen LogP contribution in [0.5, 0.6) is 0 Å². The first kappa shape index (κ1) is 17.7. The SMILES string of the molecule is Cc1cccc(N2CCN(C(=S)NC(C)c3ccccc3)CC2)c1C. The number of rotatable bonds is 3. The van der Waals surface area contributed by atoms with Crippen LogP contribution in [-0.2, 0) is 0 Å². The summed E-state index contributed by atoms with van der Waals surface area (Å²) in [7, 11) is 0. The van der Waals surface area contributed by atoms with Gasteiger partial charge in [-0.05, 0) is 55.7 Å². The minimum Gasteiger partial charge on any atom is -0.368 e. The van der Waals surface area contributed by atoms with Gasteiger partial charge >= 0.3 is 0 Å². The van der Waals surface area contributed by atoms with Crippen LogP contribution in [0.4, 0.5) is 5.69 Å². The third kappa shape index (κ3) is 4.13. The Balaban J connectivity index is 1.57. The first-order valence-electron chi connectivity index (χ1n) is 8.98. The number of nitrogens with one attached hydrogen (secondary N) is 1. The lowest BCUT2D eigenvalue weighted by Gasteiger charge is -2.38. The molecule has 1 atom stereocenters. The number of piperazine rings is 1. The molecule has 0 saturated carbocycles. The van der Waals surface area contributed by atoms with Crippen molar-refractivity contribution in [3.8, 4) is 0 Å². The van der Waals surface area contributed by atoms with E-state index in [0.717, 1.165) is 31.3 Å². The molecule has 1 fully saturated rings. The van der Waals surface area contributed by atoms with Gasteiger partial charge in [0.15, 0.2) is 5.11 Å². The van der Waals surface area contributed by atoms with E-state index >= 15 is 0 Å². The molecule has 4 heteroatoms. The van der Waals surface area contributed by atoms with Crippen LogP contribution in [-0.4, -0.2) is 36.2 Å². The maximum atomic E-state index is 5.65. The van der Waals surface area contributed by atoms with Crippen molar-refractivity contribution in [2.24, 2.45) is 0 Å². The maximum absolute atomic E-state index is 5.65. The highest BCUT2D eigenvalue weighted by Crippen LogP contribution is 2.24. The monoisotopic (exact) mass is 353 g/mol. The van der Waals surface area contributed by atoms with Gasteiger partial charge in [-0.2, -0.15) is 0 Å². The summed E-state index contributed by atoms with van der Waals surface area (Å²) >= 11 is 5.65. The van der Waals surface area contributed by atoms with Crippen LogP contribution >= 0.6 is 12.2 Å². The molecule has 0 bridgehead atoms. The Morgan fingerprint density at radius 1 is 0.960 bits per heavy atom. The van der Waals surface area contributed by atoms with Crippen molar-refractivity contribution in [3.63, 3.8) is 0 Å². The van der Waals surface area contributed by atoms with Crippen molar-refractivity contribution in [3.05, 3.63) is 65.2 Å². The lowest BCUT2D eigenvalue weighted by Crippen LogP contribution is -2.52. The number of anilines is 1. The zero-order chi connectivity index (χ0) is 17.8. The normalized spacial score (nSPS) is 15.8. The van der Waals surface area contributed by atoms with Crippen LogP contribution in [0.15, 0.2) is 48.5 Å². The third-order valence-corrected chi connectivity index (χ3v) is 5.50. The molecule has 1 saturated heterocycles. The molecule has 0 radical (unpaired) electrons. The number of benzene rings is 2. The molecule has 0 spiro atoms. The largest absolute Gasteiger partial charge is 0.368 e. The van der Waals surface area contributed by atoms with E-state index in [1.807, 2.05) is 6.07 Å². The van der Waals surface area contributed by atoms with Gasteiger partial charge in [0.2, 0.25) is 0 Å². The van der Waals surface area contributed by atoms with Gasteiger partial charge in [-0.25, -0.2) is 0 Å². The van der Waals surface area contributed by atoms with Crippen LogP contribution in [0.1, 0.15) is 29.7 Å². The second-order valence-corrected chi connectivity index (χ2v) is 7.16. The molecule has 1 heterocycles. The maximum Gasteiger partial charge on any atom is 0.169 e. The fourth-order valence-electron chi connectivity index (χ4n) is 3.33. The highest BCUT2D eigenvalue weighted by Gasteiger charge is 2.21. The molecule has 2 aromatic rings. The Hall–Kier alpha value is -2.07. The van der Waals surface area contributed by atoms with E-state index < -0.39 is 0 Å². The summed E-state index contributed by atoms with van der Waals surface area (Å²) in [6.07, 6.45) is 0. The standard InChI is InChI=1S/C21H27N3S/c1-16-8-7-11-20(17(16)2)23-12-14-24(15-13-23)21(25)22-18(3)19-9-5-4-6-10-19/h4-11,18H,12-15H2,1-3H3,(H,22,25). The molecule has 0 aliphatic carbocycles. The smallest absolute Gasteiger partial charge is 0.169 e. The lowest BCUT2D eigenvalue weighted by atomic mass is 10.1. The number of aryl methyl sites for hydroxylation is 1. The topological polar surface area (TPSA) is 18.5 Å². The molecule has 2 aromatic carbocycles. The summed E-state index contributed by atoms with van der Waals surface area (Å²) in [6, 6.07) is 17.2. The van der Waals surface area contributed by atoms with Crippen molar-refractivity contribution in [2.45, 2.75) is 26.8 Å². The van der Waals surface area contributed by atoms with Crippen molar-refractivity contribution in [2.75, 3.05) is 31.1 Å². The molecule has 1 aliphatic rings. The molecule has 1 N–H and O–H groups in total. The molecule has 25 heavy (non-hydrogen) atoms. The molecule has 3 rings (SSSR count). The molecule has 132 valence electrons. The first-order valence-corrected chi connectivity index (χ1v) is 9.38. The Kier molecular flexibility index (Phi) is 5.59. The minimum atomic E-state index is 0.228. The highest BCUT2D eigenvalue weighted by molar-refractivity contribution is 7.80. The van der Waals surface area contributed by atoms with E-state index in [-0.39, 0.29) is 6.04 Å². The molecule has 1 unspecified atom stereocenters. The Labute approximate surface area is 156 Å². The molecule has 0 amide bonds. The van der Waals surface area contributed by atoms with Gasteiger partial charge in [-0.1, -0.05) is 42.5 Å². The minimum absolute atomic E-state index is 0.228. The first-order chi connectivity index (χ1) is 12.1. The van der Waals surface area contributed by atoms with E-state index in [1.54, 1.807) is 0 Å². The van der Waals surface area contributed by atoms with E-state index in [9.17, 15) is 0 Å². The van der Waals surface area contributed by atoms with E-state index in [0.29, 0.717) is 0 Å². The van der Waals surface area contributed by atoms with Crippen molar-refractivity contribution < 1.29 is 0 Å². The second kappa shape index (κ2) is 7.87. The average Bonchev–Trinajstić information content (AvgIpc) is 2.65. The summed E-state index contributed by atoms with van der Waals surface area (Å²) in [5.41, 5.74) is 5.36. The Morgan fingerprint density at radius 3 is 2.32 bits per heavy atom. The van der Waals surface area contributed by atoms with Gasteiger partial charge in [0, 0.05) is 31.9 Å². The van der Waals surface area contributed by atoms with Gasteiger partial charge < -0.3 is 15.1 Å². The van der Waals surface area contributed by atoms with Crippen LogP contribution in [0, 0.1) is 13.8 Å². The summed E-state index contributed by atoms with van der Waals surface area (Å²) in [6.45, 7) is 10.5. The van der Waals surface area contributed by atoms with Gasteiger partial charge in [0.05, 0.1) is 6.04 Å².